The Labute approximate surface area is 143 Å². The van der Waals surface area contributed by atoms with Gasteiger partial charge in [-0.3, -0.25) is 4.79 Å². The lowest BCUT2D eigenvalue weighted by molar-refractivity contribution is -0.115. The first kappa shape index (κ1) is 19.9. The average molecular weight is 362 g/mol. The Morgan fingerprint density at radius 1 is 1.30 bits per heavy atom. The van der Waals surface area contributed by atoms with Gasteiger partial charge in [-0.1, -0.05) is 6.92 Å². The molecule has 1 aliphatic heterocycles. The number of amides is 1. The van der Waals surface area contributed by atoms with Crippen molar-refractivity contribution in [2.75, 3.05) is 25.0 Å². The highest BCUT2D eigenvalue weighted by atomic mass is 35.5. The first-order chi connectivity index (χ1) is 10.5. The first-order valence-electron chi connectivity index (χ1n) is 7.61. The van der Waals surface area contributed by atoms with Crippen LogP contribution in [0.25, 0.3) is 0 Å². The van der Waals surface area contributed by atoms with Crippen LogP contribution < -0.4 is 15.4 Å². The molecular formula is C15H24ClN3O3S. The fourth-order valence-electron chi connectivity index (χ4n) is 2.41. The molecule has 0 aromatic heterocycles. The van der Waals surface area contributed by atoms with E-state index in [9.17, 15) is 13.2 Å². The number of carbonyl (C=O) groups excluding carboxylic acids is 1. The lowest BCUT2D eigenvalue weighted by Crippen LogP contribution is -2.26. The van der Waals surface area contributed by atoms with Crippen LogP contribution in [0.1, 0.15) is 26.2 Å². The van der Waals surface area contributed by atoms with Crippen LogP contribution in [-0.4, -0.2) is 34.0 Å². The van der Waals surface area contributed by atoms with Crippen molar-refractivity contribution in [2.45, 2.75) is 31.1 Å². The Hall–Kier alpha value is -1.15. The molecular weight excluding hydrogens is 338 g/mol. The lowest BCUT2D eigenvalue weighted by atomic mass is 10.1. The summed E-state index contributed by atoms with van der Waals surface area (Å²) in [5.74, 6) is 0.452. The highest BCUT2D eigenvalue weighted by molar-refractivity contribution is 7.89. The van der Waals surface area contributed by atoms with E-state index < -0.39 is 10.0 Å². The van der Waals surface area contributed by atoms with Crippen LogP contribution in [0.4, 0.5) is 5.69 Å². The second kappa shape index (κ2) is 9.22. The SMILES string of the molecule is CCC(=O)Nc1ccc(S(=O)(=O)NCCC2CCNC2)cc1.Cl. The van der Waals surface area contributed by atoms with Crippen molar-refractivity contribution in [2.24, 2.45) is 5.92 Å². The third-order valence-corrected chi connectivity index (χ3v) is 5.25. The van der Waals surface area contributed by atoms with E-state index in [1.165, 1.54) is 12.1 Å². The smallest absolute Gasteiger partial charge is 0.240 e. The molecule has 0 spiro atoms. The number of hydrogen-bond donors (Lipinski definition) is 3. The predicted octanol–water partition coefficient (Wildman–Crippen LogP) is 1.73. The fourth-order valence-corrected chi connectivity index (χ4v) is 3.46. The van der Waals surface area contributed by atoms with Crippen LogP contribution in [-0.2, 0) is 14.8 Å². The molecule has 1 atom stereocenters. The summed E-state index contributed by atoms with van der Waals surface area (Å²) in [7, 11) is -3.49. The second-order valence-electron chi connectivity index (χ2n) is 5.47. The minimum absolute atomic E-state index is 0. The molecule has 1 amide bonds. The van der Waals surface area contributed by atoms with E-state index in [0.717, 1.165) is 25.9 Å². The summed E-state index contributed by atoms with van der Waals surface area (Å²) < 4.78 is 27.0. The molecule has 0 saturated carbocycles. The van der Waals surface area contributed by atoms with E-state index in [2.05, 4.69) is 15.4 Å². The molecule has 8 heteroatoms. The Bertz CT molecular complexity index is 599. The molecule has 1 aromatic carbocycles. The zero-order valence-corrected chi connectivity index (χ0v) is 14.8. The molecule has 0 aliphatic carbocycles. The Morgan fingerprint density at radius 2 is 2.00 bits per heavy atom. The molecule has 1 saturated heterocycles. The summed E-state index contributed by atoms with van der Waals surface area (Å²) in [5.41, 5.74) is 0.600. The Morgan fingerprint density at radius 3 is 2.57 bits per heavy atom. The van der Waals surface area contributed by atoms with Crippen molar-refractivity contribution in [1.82, 2.24) is 10.0 Å². The maximum atomic E-state index is 12.2. The fraction of sp³-hybridized carbons (Fsp3) is 0.533. The lowest BCUT2D eigenvalue weighted by Gasteiger charge is -2.10. The summed E-state index contributed by atoms with van der Waals surface area (Å²) in [6, 6.07) is 6.21. The van der Waals surface area contributed by atoms with Crippen molar-refractivity contribution < 1.29 is 13.2 Å². The van der Waals surface area contributed by atoms with Crippen molar-refractivity contribution in [1.29, 1.82) is 0 Å². The van der Waals surface area contributed by atoms with Gasteiger partial charge in [-0.2, -0.15) is 0 Å². The summed E-state index contributed by atoms with van der Waals surface area (Å²) in [6.45, 7) is 4.19. The van der Waals surface area contributed by atoms with E-state index >= 15 is 0 Å². The van der Waals surface area contributed by atoms with Crippen molar-refractivity contribution in [3.8, 4) is 0 Å². The van der Waals surface area contributed by atoms with Gasteiger partial charge in [-0.15, -0.1) is 12.4 Å². The molecule has 0 bridgehead atoms. The standard InChI is InChI=1S/C15H23N3O3S.ClH/c1-2-15(19)18-13-3-5-14(6-4-13)22(20,21)17-10-8-12-7-9-16-11-12;/h3-6,12,16-17H,2,7-11H2,1H3,(H,18,19);1H. The first-order valence-corrected chi connectivity index (χ1v) is 9.10. The van der Waals surface area contributed by atoms with E-state index in [0.29, 0.717) is 24.6 Å². The Balaban J connectivity index is 0.00000264. The minimum Gasteiger partial charge on any atom is -0.326 e. The molecule has 6 nitrogen and oxygen atoms in total. The van der Waals surface area contributed by atoms with Crippen molar-refractivity contribution in [3.63, 3.8) is 0 Å². The van der Waals surface area contributed by atoms with Crippen LogP contribution in [0.2, 0.25) is 0 Å². The summed E-state index contributed by atoms with van der Waals surface area (Å²) in [5, 5.41) is 5.96. The molecule has 1 aromatic rings. The largest absolute Gasteiger partial charge is 0.326 e. The number of anilines is 1. The topological polar surface area (TPSA) is 87.3 Å². The van der Waals surface area contributed by atoms with Gasteiger partial charge in [-0.25, -0.2) is 13.1 Å². The quantitative estimate of drug-likeness (QED) is 0.690. The molecule has 2 rings (SSSR count). The number of rotatable bonds is 7. The molecule has 1 heterocycles. The summed E-state index contributed by atoms with van der Waals surface area (Å²) >= 11 is 0. The van der Waals surface area contributed by atoms with Gasteiger partial charge in [0.25, 0.3) is 0 Å². The van der Waals surface area contributed by atoms with Gasteiger partial charge >= 0.3 is 0 Å². The minimum atomic E-state index is -3.49. The zero-order chi connectivity index (χ0) is 16.0. The third kappa shape index (κ3) is 6.10. The van der Waals surface area contributed by atoms with Gasteiger partial charge < -0.3 is 10.6 Å². The predicted molar refractivity (Wildman–Crippen MR) is 93.4 cm³/mol. The second-order valence-corrected chi connectivity index (χ2v) is 7.24. The van der Waals surface area contributed by atoms with Crippen LogP contribution >= 0.6 is 12.4 Å². The molecule has 23 heavy (non-hydrogen) atoms. The van der Waals surface area contributed by atoms with Gasteiger partial charge in [0.05, 0.1) is 4.90 Å². The van der Waals surface area contributed by atoms with E-state index in [1.807, 2.05) is 0 Å². The van der Waals surface area contributed by atoms with Crippen molar-refractivity contribution >= 4 is 34.0 Å². The molecule has 0 radical (unpaired) electrons. The third-order valence-electron chi connectivity index (χ3n) is 3.78. The van der Waals surface area contributed by atoms with Gasteiger partial charge in [0.2, 0.25) is 15.9 Å². The maximum Gasteiger partial charge on any atom is 0.240 e. The Kier molecular flexibility index (Phi) is 7.98. The number of nitrogens with one attached hydrogen (secondary N) is 3. The molecule has 1 aliphatic rings. The number of hydrogen-bond acceptors (Lipinski definition) is 4. The van der Waals surface area contributed by atoms with E-state index in [1.54, 1.807) is 19.1 Å². The van der Waals surface area contributed by atoms with Crippen LogP contribution in [0.3, 0.4) is 0 Å². The zero-order valence-electron chi connectivity index (χ0n) is 13.2. The normalized spacial score (nSPS) is 17.5. The van der Waals surface area contributed by atoms with Gasteiger partial charge in [0, 0.05) is 18.7 Å². The maximum absolute atomic E-state index is 12.2. The van der Waals surface area contributed by atoms with Gasteiger partial charge in [0.15, 0.2) is 0 Å². The van der Waals surface area contributed by atoms with Crippen LogP contribution in [0.15, 0.2) is 29.2 Å². The van der Waals surface area contributed by atoms with Crippen molar-refractivity contribution in [3.05, 3.63) is 24.3 Å². The number of benzene rings is 1. The number of sulfonamides is 1. The average Bonchev–Trinajstić information content (AvgIpc) is 3.01. The highest BCUT2D eigenvalue weighted by Gasteiger charge is 2.17. The number of carbonyl (C=O) groups is 1. The van der Waals surface area contributed by atoms with Crippen LogP contribution in [0.5, 0.6) is 0 Å². The monoisotopic (exact) mass is 361 g/mol. The number of halogens is 1. The van der Waals surface area contributed by atoms with E-state index in [4.69, 9.17) is 0 Å². The molecule has 3 N–H and O–H groups in total. The molecule has 130 valence electrons. The molecule has 1 fully saturated rings. The van der Waals surface area contributed by atoms with Gasteiger partial charge in [0.1, 0.15) is 0 Å². The summed E-state index contributed by atoms with van der Waals surface area (Å²) in [6.07, 6.45) is 2.34. The van der Waals surface area contributed by atoms with Gasteiger partial charge in [-0.05, 0) is 56.1 Å². The van der Waals surface area contributed by atoms with E-state index in [-0.39, 0.29) is 23.2 Å². The molecule has 1 unspecified atom stereocenters. The summed E-state index contributed by atoms with van der Waals surface area (Å²) in [4.78, 5) is 11.5. The van der Waals surface area contributed by atoms with Crippen LogP contribution in [0, 0.1) is 5.92 Å². The highest BCUT2D eigenvalue weighted by Crippen LogP contribution is 2.15.